The Morgan fingerprint density at radius 1 is 0.227 bits per heavy atom. The third-order valence-corrected chi connectivity index (χ3v) is 14.3. The number of aromatic nitrogens is 16. The maximum atomic E-state index is 4.68. The third kappa shape index (κ3) is 77.7. The molecule has 0 amide bonds. The second-order valence-electron chi connectivity index (χ2n) is 31.9. The van der Waals surface area contributed by atoms with Crippen molar-refractivity contribution in [2.24, 2.45) is 0 Å². The van der Waals surface area contributed by atoms with Gasteiger partial charge in [-0.05, 0) is 105 Å². The molecule has 0 aliphatic rings. The lowest BCUT2D eigenvalue weighted by Gasteiger charge is -2.19. The van der Waals surface area contributed by atoms with Crippen LogP contribution < -0.4 is 0 Å². The van der Waals surface area contributed by atoms with E-state index in [4.69, 9.17) is 0 Å². The van der Waals surface area contributed by atoms with Gasteiger partial charge in [0.2, 0.25) is 0 Å². The standard InChI is InChI=1S/C13H16N2.2C11H16N4.C10H14.2C9H13N.2C8H12N2.17C2H6.3CH4/c1-9-12(13(2,3)4)15-11-8-6-5-7-10(11)14-9;1-6-12-8-9(11(3,4)5)13-7(2)15-10(8)14-6;1-6-8-9(13-7(2)12-6)15-10(14-8)11(3,4)5;1-10(2,3)9-7-5-4-6-8-9;1-9(2,3)8-4-6-10-7-5-8;1-9(2,3)8-6-4-5-7-10-8;1-8(2,3)7-4-5-9-6-10-7;1-8(2,3)7-9-5-4-6-10-7;17*1-2;;;/h5-8H,1-4H3;2*1-5H3,(H,12,13,14,15);4-8H,1-3H3;2*4-7H,1-3H3;2*4-6H,1-3H3;17*1-2H3;3*1H4. The Kier molecular flexibility index (Phi) is 122. The van der Waals surface area contributed by atoms with Gasteiger partial charge in [0, 0.05) is 81.1 Å². The molecule has 2 N–H and O–H groups in total. The van der Waals surface area contributed by atoms with Crippen molar-refractivity contribution in [1.82, 2.24) is 79.7 Å². The number of imidazole rings is 2. The quantitative estimate of drug-likeness (QED) is 0.145. The highest BCUT2D eigenvalue weighted by atomic mass is 15.1. The first-order valence-corrected chi connectivity index (χ1v) is 49.8. The van der Waals surface area contributed by atoms with E-state index in [1.54, 1.807) is 24.9 Å². The summed E-state index contributed by atoms with van der Waals surface area (Å²) in [5, 5.41) is 0. The monoisotopic (exact) mass is 1840 g/mol. The van der Waals surface area contributed by atoms with Crippen molar-refractivity contribution >= 4 is 33.4 Å². The molecule has 11 rings (SSSR count). The van der Waals surface area contributed by atoms with E-state index in [2.05, 4.69) is 294 Å². The van der Waals surface area contributed by atoms with E-state index in [9.17, 15) is 0 Å². The number of hydrogen-bond acceptors (Lipinski definition) is 14. The van der Waals surface area contributed by atoms with Crippen molar-refractivity contribution in [2.75, 3.05) is 0 Å². The van der Waals surface area contributed by atoms with Gasteiger partial charge in [0.05, 0.1) is 33.8 Å². The fourth-order valence-corrected chi connectivity index (χ4v) is 9.01. The van der Waals surface area contributed by atoms with Crippen molar-refractivity contribution in [3.05, 3.63) is 215 Å². The van der Waals surface area contributed by atoms with E-state index in [-0.39, 0.29) is 60.2 Å². The number of hydrogen-bond donors (Lipinski definition) is 2. The smallest absolute Gasteiger partial charge is 0.181 e. The van der Waals surface area contributed by atoms with Gasteiger partial charge in [0.1, 0.15) is 46.5 Å². The van der Waals surface area contributed by atoms with Crippen LogP contribution in [-0.2, 0) is 43.3 Å². The van der Waals surface area contributed by atoms with E-state index < -0.39 is 0 Å². The van der Waals surface area contributed by atoms with Crippen LogP contribution in [-0.4, -0.2) is 79.7 Å². The molecule has 0 spiro atoms. The average Bonchev–Trinajstić information content (AvgIpc) is 1.66. The van der Waals surface area contributed by atoms with E-state index in [1.165, 1.54) is 11.1 Å². The van der Waals surface area contributed by atoms with Crippen LogP contribution in [0.4, 0.5) is 0 Å². The zero-order valence-corrected chi connectivity index (χ0v) is 97.0. The van der Waals surface area contributed by atoms with Crippen molar-refractivity contribution in [3.63, 3.8) is 0 Å². The number of rotatable bonds is 0. The van der Waals surface area contributed by atoms with Crippen LogP contribution in [0.15, 0.2) is 141 Å². The Labute approximate surface area is 825 Å². The summed E-state index contributed by atoms with van der Waals surface area (Å²) in [5.74, 6) is 4.29. The zero-order chi connectivity index (χ0) is 106. The van der Waals surface area contributed by atoms with Crippen molar-refractivity contribution in [3.8, 4) is 0 Å². The minimum Gasteiger partial charge on any atom is -0.339 e. The Hall–Kier alpha value is -8.66. The fraction of sp³-hybridized carbons (Fsp3) is 0.638. The lowest BCUT2D eigenvalue weighted by Crippen LogP contribution is -2.16. The van der Waals surface area contributed by atoms with Gasteiger partial charge in [-0.15, -0.1) is 0 Å². The molecule has 0 atom stereocenters. The first-order chi connectivity index (χ1) is 60.8. The Balaban J connectivity index is -0.0000000729. The summed E-state index contributed by atoms with van der Waals surface area (Å²) in [7, 11) is 0. The predicted octanol–water partition coefficient (Wildman–Crippen LogP) is 38.4. The molecule has 132 heavy (non-hydrogen) atoms. The summed E-state index contributed by atoms with van der Waals surface area (Å²) in [5.41, 5.74) is 15.5. The third-order valence-electron chi connectivity index (χ3n) is 14.3. The summed E-state index contributed by atoms with van der Waals surface area (Å²) in [4.78, 5) is 66.5. The first kappa shape index (κ1) is 163. The number of pyridine rings is 2. The fourth-order valence-electron chi connectivity index (χ4n) is 9.01. The van der Waals surface area contributed by atoms with E-state index >= 15 is 0 Å². The molecule has 9 heterocycles. The van der Waals surface area contributed by atoms with Crippen LogP contribution in [0, 0.1) is 34.6 Å². The van der Waals surface area contributed by atoms with Crippen molar-refractivity contribution in [2.45, 2.75) is 502 Å². The normalized spacial score (nSPS) is 9.30. The van der Waals surface area contributed by atoms with Crippen LogP contribution in [0.5, 0.6) is 0 Å². The molecule has 16 heteroatoms. The van der Waals surface area contributed by atoms with Gasteiger partial charge in [0.25, 0.3) is 0 Å². The van der Waals surface area contributed by atoms with Gasteiger partial charge in [-0.1, -0.05) is 472 Å². The molecule has 0 aliphatic heterocycles. The maximum Gasteiger partial charge on any atom is 0.181 e. The number of nitrogens with one attached hydrogen (secondary N) is 2. The van der Waals surface area contributed by atoms with Gasteiger partial charge in [-0.25, -0.2) is 59.8 Å². The largest absolute Gasteiger partial charge is 0.339 e. The molecule has 0 radical (unpaired) electrons. The minimum atomic E-state index is 0. The predicted molar refractivity (Wildman–Crippen MR) is 608 cm³/mol. The Morgan fingerprint density at radius 3 is 0.871 bits per heavy atom. The molecular weight excluding hydrogens is 1620 g/mol. The number of aromatic amines is 2. The van der Waals surface area contributed by atoms with Crippen molar-refractivity contribution in [1.29, 1.82) is 0 Å². The molecular formula is C116H226N16. The van der Waals surface area contributed by atoms with Gasteiger partial charge in [-0.2, -0.15) is 0 Å². The summed E-state index contributed by atoms with van der Waals surface area (Å²) >= 11 is 0. The Morgan fingerprint density at radius 2 is 0.568 bits per heavy atom. The van der Waals surface area contributed by atoms with Crippen LogP contribution in [0.3, 0.4) is 0 Å². The molecule has 0 bridgehead atoms. The second-order valence-corrected chi connectivity index (χ2v) is 31.9. The number of benzene rings is 2. The van der Waals surface area contributed by atoms with Crippen LogP contribution in [0.2, 0.25) is 0 Å². The van der Waals surface area contributed by atoms with Gasteiger partial charge in [0.15, 0.2) is 11.3 Å². The molecule has 770 valence electrons. The van der Waals surface area contributed by atoms with E-state index in [0.717, 1.165) is 96.6 Å². The van der Waals surface area contributed by atoms with Crippen LogP contribution >= 0.6 is 0 Å². The molecule has 0 saturated heterocycles. The first-order valence-electron chi connectivity index (χ1n) is 49.8. The van der Waals surface area contributed by atoms with Crippen molar-refractivity contribution < 1.29 is 0 Å². The summed E-state index contributed by atoms with van der Waals surface area (Å²) in [6, 6.07) is 32.5. The summed E-state index contributed by atoms with van der Waals surface area (Å²) < 4.78 is 0. The number of fused-ring (bicyclic) bond motifs is 3. The molecule has 0 saturated carbocycles. The topological polar surface area (TPSA) is 212 Å². The maximum absolute atomic E-state index is 4.68. The highest BCUT2D eigenvalue weighted by Crippen LogP contribution is 2.29. The molecule has 2 aromatic carbocycles. The van der Waals surface area contributed by atoms with E-state index in [1.807, 2.05) is 337 Å². The Bertz CT molecular complexity index is 3770. The minimum absolute atomic E-state index is 0. The number of nitrogens with zero attached hydrogens (tertiary/aromatic N) is 14. The van der Waals surface area contributed by atoms with Crippen LogP contribution in [0.25, 0.3) is 33.4 Å². The second kappa shape index (κ2) is 98.3. The number of para-hydroxylation sites is 2. The summed E-state index contributed by atoms with van der Waals surface area (Å²) in [6.45, 7) is 129. The number of H-pyrrole nitrogens is 2. The molecule has 16 nitrogen and oxygen atoms in total. The SMILES string of the molecule is C.C.C.CC.CC.CC.CC.CC.CC.CC.CC.CC.CC.CC.CC.CC.CC.CC.CC.CC.CC(C)(C)c1ccccc1.CC(C)(C)c1ccccn1.CC(C)(C)c1ccncc1.CC(C)(C)c1ccncn1.CC(C)(C)c1ncccn1.Cc1nc(C(C)(C)C)c2[nH]c(C)nc2n1.Cc1nc(C)c2[nH]c(C(C)(C)C)nc2n1.Cc1nc2ccccc2nc1C(C)(C)C. The highest BCUT2D eigenvalue weighted by molar-refractivity contribution is 5.75. The average molecular weight is 1850 g/mol. The molecule has 0 fully saturated rings. The van der Waals surface area contributed by atoms with Crippen LogP contribution in [0.1, 0.15) is 498 Å². The molecule has 0 aliphatic carbocycles. The lowest BCUT2D eigenvalue weighted by atomic mass is 9.87. The molecule has 9 aromatic heterocycles. The van der Waals surface area contributed by atoms with E-state index in [0.29, 0.717) is 5.41 Å². The van der Waals surface area contributed by atoms with Gasteiger partial charge >= 0.3 is 0 Å². The summed E-state index contributed by atoms with van der Waals surface area (Å²) in [6.07, 6.45) is 12.4. The highest BCUT2D eigenvalue weighted by Gasteiger charge is 2.24. The lowest BCUT2D eigenvalue weighted by molar-refractivity contribution is 0.545. The van der Waals surface area contributed by atoms with Gasteiger partial charge < -0.3 is 9.97 Å². The number of aryl methyl sites for hydroxylation is 5. The van der Waals surface area contributed by atoms with Gasteiger partial charge in [-0.3, -0.25) is 9.97 Å². The molecule has 0 unspecified atom stereocenters. The molecule has 11 aromatic rings. The zero-order valence-electron chi connectivity index (χ0n) is 97.0.